The zero-order valence-corrected chi connectivity index (χ0v) is 16.8. The van der Waals surface area contributed by atoms with Crippen molar-refractivity contribution >= 4 is 29.3 Å². The van der Waals surface area contributed by atoms with Gasteiger partial charge in [-0.15, -0.1) is 11.8 Å². The SMILES string of the molecule is Cc1cccc(N2C(=O)CSC23CCN(C(=O)COc2ccccc2)CC3)c1. The zero-order chi connectivity index (χ0) is 19.6. The van der Waals surface area contributed by atoms with Gasteiger partial charge in [-0.1, -0.05) is 30.3 Å². The van der Waals surface area contributed by atoms with E-state index in [4.69, 9.17) is 4.74 Å². The van der Waals surface area contributed by atoms with Gasteiger partial charge in [0.15, 0.2) is 6.61 Å². The Hall–Kier alpha value is -2.47. The molecule has 0 aliphatic carbocycles. The molecule has 0 aromatic heterocycles. The van der Waals surface area contributed by atoms with E-state index in [0.29, 0.717) is 24.6 Å². The van der Waals surface area contributed by atoms with Crippen LogP contribution in [0.25, 0.3) is 0 Å². The number of aryl methyl sites for hydroxylation is 1. The molecule has 0 atom stereocenters. The number of likely N-dealkylation sites (tertiary alicyclic amines) is 1. The highest BCUT2D eigenvalue weighted by Crippen LogP contribution is 2.46. The molecule has 2 saturated heterocycles. The van der Waals surface area contributed by atoms with E-state index in [-0.39, 0.29) is 23.3 Å². The number of nitrogens with zero attached hydrogens (tertiary/aromatic N) is 2. The fraction of sp³-hybridized carbons (Fsp3) is 0.364. The molecule has 5 nitrogen and oxygen atoms in total. The Morgan fingerprint density at radius 2 is 1.86 bits per heavy atom. The van der Waals surface area contributed by atoms with Crippen molar-refractivity contribution in [2.24, 2.45) is 0 Å². The standard InChI is InChI=1S/C22H24N2O3S/c1-17-6-5-7-18(14-17)24-21(26)16-28-22(24)10-12-23(13-11-22)20(25)15-27-19-8-3-2-4-9-19/h2-9,14H,10-13,15-16H2,1H3. The lowest BCUT2D eigenvalue weighted by molar-refractivity contribution is -0.134. The van der Waals surface area contributed by atoms with Crippen molar-refractivity contribution in [2.45, 2.75) is 24.6 Å². The molecule has 2 amide bonds. The van der Waals surface area contributed by atoms with Gasteiger partial charge < -0.3 is 9.64 Å². The number of hydrogen-bond acceptors (Lipinski definition) is 4. The summed E-state index contributed by atoms with van der Waals surface area (Å²) in [6.45, 7) is 3.36. The largest absolute Gasteiger partial charge is 0.484 e. The molecular formula is C22H24N2O3S. The number of carbonyl (C=O) groups excluding carboxylic acids is 2. The second-order valence-corrected chi connectivity index (χ2v) is 8.62. The van der Waals surface area contributed by atoms with E-state index in [0.717, 1.165) is 24.1 Å². The van der Waals surface area contributed by atoms with Crippen molar-refractivity contribution < 1.29 is 14.3 Å². The van der Waals surface area contributed by atoms with Crippen molar-refractivity contribution in [1.29, 1.82) is 0 Å². The average molecular weight is 397 g/mol. The van der Waals surface area contributed by atoms with E-state index in [2.05, 4.69) is 6.07 Å². The molecular weight excluding hydrogens is 372 g/mol. The Bertz CT molecular complexity index is 863. The molecule has 0 radical (unpaired) electrons. The van der Waals surface area contributed by atoms with Crippen LogP contribution >= 0.6 is 11.8 Å². The predicted octanol–water partition coefficient (Wildman–Crippen LogP) is 3.47. The van der Waals surface area contributed by atoms with Crippen LogP contribution in [0, 0.1) is 6.92 Å². The first kappa shape index (κ1) is 18.9. The van der Waals surface area contributed by atoms with E-state index in [1.165, 1.54) is 0 Å². The molecule has 4 rings (SSSR count). The number of anilines is 1. The van der Waals surface area contributed by atoms with E-state index >= 15 is 0 Å². The number of rotatable bonds is 4. The summed E-state index contributed by atoms with van der Waals surface area (Å²) < 4.78 is 5.60. The van der Waals surface area contributed by atoms with Gasteiger partial charge in [-0.05, 0) is 49.6 Å². The second-order valence-electron chi connectivity index (χ2n) is 7.29. The van der Waals surface area contributed by atoms with Crippen LogP contribution in [0.15, 0.2) is 54.6 Å². The number of para-hydroxylation sites is 1. The van der Waals surface area contributed by atoms with Gasteiger partial charge in [0.05, 0.1) is 10.6 Å². The number of thioether (sulfide) groups is 1. The number of hydrogen-bond donors (Lipinski definition) is 0. The number of amides is 2. The van der Waals surface area contributed by atoms with E-state index in [9.17, 15) is 9.59 Å². The van der Waals surface area contributed by atoms with Crippen LogP contribution in [0.2, 0.25) is 0 Å². The summed E-state index contributed by atoms with van der Waals surface area (Å²) in [5.41, 5.74) is 2.10. The van der Waals surface area contributed by atoms with E-state index in [1.54, 1.807) is 11.8 Å². The molecule has 2 aliphatic heterocycles. The first-order chi connectivity index (χ1) is 13.6. The van der Waals surface area contributed by atoms with Crippen molar-refractivity contribution in [2.75, 3.05) is 30.3 Å². The number of benzene rings is 2. The molecule has 2 aliphatic rings. The van der Waals surface area contributed by atoms with Gasteiger partial charge in [0.25, 0.3) is 5.91 Å². The van der Waals surface area contributed by atoms with Crippen molar-refractivity contribution in [3.63, 3.8) is 0 Å². The molecule has 146 valence electrons. The Morgan fingerprint density at radius 1 is 1.11 bits per heavy atom. The maximum Gasteiger partial charge on any atom is 0.260 e. The summed E-state index contributed by atoms with van der Waals surface area (Å²) >= 11 is 1.71. The molecule has 0 bridgehead atoms. The lowest BCUT2D eigenvalue weighted by atomic mass is 10.0. The molecule has 0 N–H and O–H groups in total. The van der Waals surface area contributed by atoms with Crippen LogP contribution in [-0.4, -0.2) is 47.0 Å². The number of carbonyl (C=O) groups is 2. The van der Waals surface area contributed by atoms with Gasteiger partial charge in [0.2, 0.25) is 5.91 Å². The monoisotopic (exact) mass is 396 g/mol. The summed E-state index contributed by atoms with van der Waals surface area (Å²) in [6.07, 6.45) is 1.54. The topological polar surface area (TPSA) is 49.9 Å². The van der Waals surface area contributed by atoms with Crippen LogP contribution < -0.4 is 9.64 Å². The third-order valence-corrected chi connectivity index (χ3v) is 6.90. The lowest BCUT2D eigenvalue weighted by Crippen LogP contribution is -2.53. The van der Waals surface area contributed by atoms with Gasteiger partial charge in [-0.3, -0.25) is 14.5 Å². The fourth-order valence-corrected chi connectivity index (χ4v) is 5.25. The predicted molar refractivity (Wildman–Crippen MR) is 112 cm³/mol. The number of piperidine rings is 1. The van der Waals surface area contributed by atoms with Crippen molar-refractivity contribution in [3.8, 4) is 5.75 Å². The molecule has 2 fully saturated rings. The molecule has 2 heterocycles. The van der Waals surface area contributed by atoms with Crippen LogP contribution in [0.4, 0.5) is 5.69 Å². The van der Waals surface area contributed by atoms with E-state index < -0.39 is 0 Å². The molecule has 2 aromatic carbocycles. The minimum absolute atomic E-state index is 0.00451. The van der Waals surface area contributed by atoms with Crippen LogP contribution in [0.3, 0.4) is 0 Å². The van der Waals surface area contributed by atoms with Crippen molar-refractivity contribution in [3.05, 3.63) is 60.2 Å². The molecule has 6 heteroatoms. The summed E-state index contributed by atoms with van der Waals surface area (Å²) in [4.78, 5) is 28.8. The lowest BCUT2D eigenvalue weighted by Gasteiger charge is -2.44. The maximum absolute atomic E-state index is 12.6. The fourth-order valence-electron chi connectivity index (χ4n) is 3.93. The van der Waals surface area contributed by atoms with E-state index in [1.807, 2.05) is 65.3 Å². The molecule has 1 spiro atoms. The van der Waals surface area contributed by atoms with Gasteiger partial charge in [0, 0.05) is 18.8 Å². The van der Waals surface area contributed by atoms with Gasteiger partial charge >= 0.3 is 0 Å². The minimum Gasteiger partial charge on any atom is -0.484 e. The molecule has 28 heavy (non-hydrogen) atoms. The smallest absolute Gasteiger partial charge is 0.260 e. The Morgan fingerprint density at radius 3 is 2.57 bits per heavy atom. The van der Waals surface area contributed by atoms with Crippen LogP contribution in [-0.2, 0) is 9.59 Å². The Kier molecular flexibility index (Phi) is 5.31. The normalized spacial score (nSPS) is 18.5. The van der Waals surface area contributed by atoms with Gasteiger partial charge in [-0.25, -0.2) is 0 Å². The zero-order valence-electron chi connectivity index (χ0n) is 16.0. The van der Waals surface area contributed by atoms with Gasteiger partial charge in [0.1, 0.15) is 5.75 Å². The highest BCUT2D eigenvalue weighted by Gasteiger charge is 2.49. The third kappa shape index (κ3) is 3.74. The Labute approximate surface area is 169 Å². The molecule has 0 saturated carbocycles. The second kappa shape index (κ2) is 7.87. The highest BCUT2D eigenvalue weighted by atomic mass is 32.2. The van der Waals surface area contributed by atoms with Crippen LogP contribution in [0.1, 0.15) is 18.4 Å². The maximum atomic E-state index is 12.6. The quantitative estimate of drug-likeness (QED) is 0.794. The van der Waals surface area contributed by atoms with Crippen molar-refractivity contribution in [1.82, 2.24) is 4.90 Å². The number of ether oxygens (including phenoxy) is 1. The third-order valence-electron chi connectivity index (χ3n) is 5.38. The molecule has 0 unspecified atom stereocenters. The average Bonchev–Trinajstić information content (AvgIpc) is 3.03. The summed E-state index contributed by atoms with van der Waals surface area (Å²) in [5.74, 6) is 1.35. The highest BCUT2D eigenvalue weighted by molar-refractivity contribution is 8.02. The molecule has 2 aromatic rings. The van der Waals surface area contributed by atoms with Gasteiger partial charge in [-0.2, -0.15) is 0 Å². The summed E-state index contributed by atoms with van der Waals surface area (Å²) in [7, 11) is 0. The first-order valence-corrected chi connectivity index (χ1v) is 10.6. The summed E-state index contributed by atoms with van der Waals surface area (Å²) in [5, 5.41) is 0. The summed E-state index contributed by atoms with van der Waals surface area (Å²) in [6, 6.07) is 17.5. The van der Waals surface area contributed by atoms with Crippen LogP contribution in [0.5, 0.6) is 5.75 Å². The minimum atomic E-state index is -0.248. The first-order valence-electron chi connectivity index (χ1n) is 9.57. The Balaban J connectivity index is 1.41.